The molecule has 5 heteroatoms. The molecule has 0 aromatic rings. The SMILES string of the molecule is CCC(C)(C)NC(=O)C(C)NC1CNC(=O)C1. The molecule has 3 N–H and O–H groups in total. The van der Waals surface area contributed by atoms with Crippen molar-refractivity contribution >= 4 is 11.8 Å². The van der Waals surface area contributed by atoms with E-state index in [1.807, 2.05) is 27.7 Å². The lowest BCUT2D eigenvalue weighted by Crippen LogP contribution is -2.53. The summed E-state index contributed by atoms with van der Waals surface area (Å²) in [7, 11) is 0. The van der Waals surface area contributed by atoms with Gasteiger partial charge in [-0.05, 0) is 27.2 Å². The van der Waals surface area contributed by atoms with E-state index in [2.05, 4.69) is 16.0 Å². The first-order valence-corrected chi connectivity index (χ1v) is 6.19. The van der Waals surface area contributed by atoms with Crippen molar-refractivity contribution in [2.24, 2.45) is 0 Å². The molecule has 1 fully saturated rings. The molecule has 0 aromatic carbocycles. The molecule has 0 spiro atoms. The number of carbonyl (C=O) groups is 2. The second-order valence-corrected chi connectivity index (χ2v) is 5.32. The Balaban J connectivity index is 2.39. The Hall–Kier alpha value is -1.10. The molecular weight excluding hydrogens is 218 g/mol. The molecule has 98 valence electrons. The maximum atomic E-state index is 11.9. The summed E-state index contributed by atoms with van der Waals surface area (Å²) >= 11 is 0. The Morgan fingerprint density at radius 2 is 2.24 bits per heavy atom. The van der Waals surface area contributed by atoms with Gasteiger partial charge in [0.1, 0.15) is 0 Å². The van der Waals surface area contributed by atoms with E-state index in [1.54, 1.807) is 0 Å². The molecule has 2 amide bonds. The van der Waals surface area contributed by atoms with Crippen LogP contribution in [0.15, 0.2) is 0 Å². The lowest BCUT2D eigenvalue weighted by molar-refractivity contribution is -0.125. The lowest BCUT2D eigenvalue weighted by atomic mass is 10.0. The number of carbonyl (C=O) groups excluding carboxylic acids is 2. The summed E-state index contributed by atoms with van der Waals surface area (Å²) in [4.78, 5) is 22.9. The third-order valence-electron chi connectivity index (χ3n) is 3.20. The topological polar surface area (TPSA) is 70.2 Å². The van der Waals surface area contributed by atoms with Gasteiger partial charge in [-0.2, -0.15) is 0 Å². The van der Waals surface area contributed by atoms with Crippen molar-refractivity contribution in [3.05, 3.63) is 0 Å². The fourth-order valence-electron chi connectivity index (χ4n) is 1.68. The van der Waals surface area contributed by atoms with Crippen LogP contribution >= 0.6 is 0 Å². The van der Waals surface area contributed by atoms with E-state index in [9.17, 15) is 9.59 Å². The summed E-state index contributed by atoms with van der Waals surface area (Å²) in [5.41, 5.74) is -0.184. The predicted octanol–water partition coefficient (Wildman–Crippen LogP) is 0.158. The van der Waals surface area contributed by atoms with Crippen LogP contribution in [0.5, 0.6) is 0 Å². The van der Waals surface area contributed by atoms with Crippen LogP contribution < -0.4 is 16.0 Å². The smallest absolute Gasteiger partial charge is 0.237 e. The summed E-state index contributed by atoms with van der Waals surface area (Å²) in [6.45, 7) is 8.46. The second kappa shape index (κ2) is 5.49. The Labute approximate surface area is 103 Å². The molecule has 2 unspecified atom stereocenters. The van der Waals surface area contributed by atoms with E-state index >= 15 is 0 Å². The van der Waals surface area contributed by atoms with Crippen LogP contribution in [-0.2, 0) is 9.59 Å². The van der Waals surface area contributed by atoms with Crippen LogP contribution in [0.2, 0.25) is 0 Å². The highest BCUT2D eigenvalue weighted by Gasteiger charge is 2.27. The van der Waals surface area contributed by atoms with Crippen molar-refractivity contribution in [2.75, 3.05) is 6.54 Å². The molecule has 0 aromatic heterocycles. The lowest BCUT2D eigenvalue weighted by Gasteiger charge is -2.27. The van der Waals surface area contributed by atoms with E-state index in [4.69, 9.17) is 0 Å². The van der Waals surface area contributed by atoms with Crippen LogP contribution in [0.25, 0.3) is 0 Å². The zero-order chi connectivity index (χ0) is 13.1. The van der Waals surface area contributed by atoms with Crippen LogP contribution in [0.1, 0.15) is 40.5 Å². The summed E-state index contributed by atoms with van der Waals surface area (Å²) < 4.78 is 0. The largest absolute Gasteiger partial charge is 0.354 e. The molecule has 1 aliphatic heterocycles. The molecule has 1 heterocycles. The maximum absolute atomic E-state index is 11.9. The van der Waals surface area contributed by atoms with Gasteiger partial charge in [-0.3, -0.25) is 9.59 Å². The number of hydrogen-bond acceptors (Lipinski definition) is 3. The van der Waals surface area contributed by atoms with Crippen molar-refractivity contribution in [2.45, 2.75) is 58.2 Å². The number of nitrogens with one attached hydrogen (secondary N) is 3. The number of hydrogen-bond donors (Lipinski definition) is 3. The first-order chi connectivity index (χ1) is 7.84. The normalized spacial score (nSPS) is 22.1. The summed E-state index contributed by atoms with van der Waals surface area (Å²) in [5, 5.41) is 8.88. The number of amides is 2. The van der Waals surface area contributed by atoms with Crippen molar-refractivity contribution in [1.82, 2.24) is 16.0 Å². The van der Waals surface area contributed by atoms with E-state index < -0.39 is 0 Å². The minimum atomic E-state index is -0.279. The molecule has 1 aliphatic rings. The Kier molecular flexibility index (Phi) is 4.51. The van der Waals surface area contributed by atoms with Crippen LogP contribution in [0, 0.1) is 0 Å². The fraction of sp³-hybridized carbons (Fsp3) is 0.833. The highest BCUT2D eigenvalue weighted by atomic mass is 16.2. The molecule has 0 radical (unpaired) electrons. The third kappa shape index (κ3) is 4.34. The van der Waals surface area contributed by atoms with Crippen molar-refractivity contribution in [1.29, 1.82) is 0 Å². The Morgan fingerprint density at radius 3 is 2.71 bits per heavy atom. The van der Waals surface area contributed by atoms with Crippen LogP contribution in [0.3, 0.4) is 0 Å². The van der Waals surface area contributed by atoms with Crippen molar-refractivity contribution < 1.29 is 9.59 Å². The number of rotatable bonds is 5. The standard InChI is InChI=1S/C12H23N3O2/c1-5-12(3,4)15-11(17)8(2)14-9-6-10(16)13-7-9/h8-9,14H,5-7H2,1-4H3,(H,13,16)(H,15,17). The van der Waals surface area contributed by atoms with Gasteiger partial charge in [0.05, 0.1) is 6.04 Å². The van der Waals surface area contributed by atoms with Crippen molar-refractivity contribution in [3.8, 4) is 0 Å². The molecule has 0 bridgehead atoms. The monoisotopic (exact) mass is 241 g/mol. The predicted molar refractivity (Wildman–Crippen MR) is 66.5 cm³/mol. The fourth-order valence-corrected chi connectivity index (χ4v) is 1.68. The minimum Gasteiger partial charge on any atom is -0.354 e. The third-order valence-corrected chi connectivity index (χ3v) is 3.20. The van der Waals surface area contributed by atoms with Gasteiger partial charge in [-0.15, -0.1) is 0 Å². The van der Waals surface area contributed by atoms with Gasteiger partial charge in [-0.1, -0.05) is 6.92 Å². The first kappa shape index (κ1) is 14.0. The zero-order valence-electron chi connectivity index (χ0n) is 11.1. The Morgan fingerprint density at radius 1 is 1.59 bits per heavy atom. The van der Waals surface area contributed by atoms with E-state index in [0.29, 0.717) is 13.0 Å². The summed E-state index contributed by atoms with van der Waals surface area (Å²) in [6.07, 6.45) is 1.34. The summed E-state index contributed by atoms with van der Waals surface area (Å²) in [5.74, 6) is 0.0280. The van der Waals surface area contributed by atoms with Gasteiger partial charge in [0, 0.05) is 24.5 Å². The molecule has 5 nitrogen and oxygen atoms in total. The van der Waals surface area contributed by atoms with Gasteiger partial charge in [-0.25, -0.2) is 0 Å². The van der Waals surface area contributed by atoms with E-state index in [0.717, 1.165) is 6.42 Å². The van der Waals surface area contributed by atoms with E-state index in [-0.39, 0.29) is 29.4 Å². The highest BCUT2D eigenvalue weighted by molar-refractivity contribution is 5.82. The van der Waals surface area contributed by atoms with Gasteiger partial charge < -0.3 is 16.0 Å². The molecule has 17 heavy (non-hydrogen) atoms. The molecule has 0 aliphatic carbocycles. The second-order valence-electron chi connectivity index (χ2n) is 5.32. The van der Waals surface area contributed by atoms with Gasteiger partial charge in [0.2, 0.25) is 11.8 Å². The van der Waals surface area contributed by atoms with Crippen molar-refractivity contribution in [3.63, 3.8) is 0 Å². The van der Waals surface area contributed by atoms with E-state index in [1.165, 1.54) is 0 Å². The van der Waals surface area contributed by atoms with Gasteiger partial charge in [0.25, 0.3) is 0 Å². The summed E-state index contributed by atoms with van der Waals surface area (Å²) in [6, 6.07) is -0.216. The quantitative estimate of drug-likeness (QED) is 0.642. The molecular formula is C12H23N3O2. The highest BCUT2D eigenvalue weighted by Crippen LogP contribution is 2.07. The zero-order valence-corrected chi connectivity index (χ0v) is 11.1. The van der Waals surface area contributed by atoms with Crippen LogP contribution in [-0.4, -0.2) is 36.0 Å². The molecule has 1 rings (SSSR count). The van der Waals surface area contributed by atoms with Gasteiger partial charge in [0.15, 0.2) is 0 Å². The van der Waals surface area contributed by atoms with Gasteiger partial charge >= 0.3 is 0 Å². The molecule has 2 atom stereocenters. The molecule has 0 saturated carbocycles. The average Bonchev–Trinajstić information content (AvgIpc) is 2.63. The maximum Gasteiger partial charge on any atom is 0.237 e. The average molecular weight is 241 g/mol. The Bertz CT molecular complexity index is 302. The molecule has 1 saturated heterocycles. The minimum absolute atomic E-state index is 0.0174. The first-order valence-electron chi connectivity index (χ1n) is 6.19. The van der Waals surface area contributed by atoms with Crippen LogP contribution in [0.4, 0.5) is 0 Å².